The average molecular weight is 206 g/mol. The molecule has 0 aliphatic heterocycles. The van der Waals surface area contributed by atoms with Gasteiger partial charge in [-0.25, -0.2) is 0 Å². The van der Waals surface area contributed by atoms with Crippen LogP contribution in [0.1, 0.15) is 46.5 Å². The monoisotopic (exact) mass is 206 g/mol. The molecule has 80 valence electrons. The summed E-state index contributed by atoms with van der Waals surface area (Å²) in [4.78, 5) is 0. The molecular formula is C10H22O2S. The van der Waals surface area contributed by atoms with Crippen LogP contribution in [0.3, 0.4) is 0 Å². The smallest absolute Gasteiger partial charge is 0.0431 e. The molecule has 0 saturated carbocycles. The molecule has 0 aromatic carbocycles. The molecule has 3 heteroatoms. The van der Waals surface area contributed by atoms with Gasteiger partial charge in [-0.15, -0.1) is 0 Å². The van der Waals surface area contributed by atoms with Crippen LogP contribution in [-0.4, -0.2) is 26.4 Å². The Hall–Kier alpha value is 0.110. The minimum Gasteiger partial charge on any atom is -0.396 e. The standard InChI is InChI=1S/C10H22O2S/c1-10(2,3)13(12)9-7-5-4-6-8-11/h11H,4-9H2,1-3H3. The largest absolute Gasteiger partial charge is 0.396 e. The summed E-state index contributed by atoms with van der Waals surface area (Å²) in [5.74, 6) is 0.801. The summed E-state index contributed by atoms with van der Waals surface area (Å²) in [6.07, 6.45) is 4.03. The molecule has 0 bridgehead atoms. The number of rotatable bonds is 6. The van der Waals surface area contributed by atoms with Gasteiger partial charge in [0.15, 0.2) is 0 Å². The van der Waals surface area contributed by atoms with Gasteiger partial charge in [0.1, 0.15) is 0 Å². The lowest BCUT2D eigenvalue weighted by atomic mass is 10.2. The van der Waals surface area contributed by atoms with Crippen molar-refractivity contribution < 1.29 is 9.32 Å². The Kier molecular flexibility index (Phi) is 6.60. The van der Waals surface area contributed by atoms with Crippen molar-refractivity contribution in [1.82, 2.24) is 0 Å². The summed E-state index contributed by atoms with van der Waals surface area (Å²) in [6.45, 7) is 6.31. The van der Waals surface area contributed by atoms with Crippen LogP contribution >= 0.6 is 0 Å². The maximum absolute atomic E-state index is 11.6. The molecule has 0 aromatic rings. The quantitative estimate of drug-likeness (QED) is 0.676. The number of aliphatic hydroxyl groups excluding tert-OH is 1. The first-order valence-electron chi connectivity index (χ1n) is 4.98. The molecule has 0 rings (SSSR count). The molecule has 1 N–H and O–H groups in total. The zero-order valence-electron chi connectivity index (χ0n) is 9.01. The zero-order valence-corrected chi connectivity index (χ0v) is 9.82. The molecule has 0 saturated heterocycles. The van der Waals surface area contributed by atoms with E-state index in [9.17, 15) is 4.21 Å². The molecule has 0 aliphatic carbocycles. The minimum absolute atomic E-state index is 0.0724. The van der Waals surface area contributed by atoms with E-state index in [1.807, 2.05) is 20.8 Å². The second-order valence-electron chi connectivity index (χ2n) is 4.30. The van der Waals surface area contributed by atoms with E-state index < -0.39 is 10.8 Å². The fraction of sp³-hybridized carbons (Fsp3) is 1.00. The Morgan fingerprint density at radius 2 is 1.62 bits per heavy atom. The van der Waals surface area contributed by atoms with E-state index in [-0.39, 0.29) is 11.4 Å². The number of hydrogen-bond donors (Lipinski definition) is 1. The van der Waals surface area contributed by atoms with Gasteiger partial charge in [0.25, 0.3) is 0 Å². The van der Waals surface area contributed by atoms with Crippen LogP contribution in [0.5, 0.6) is 0 Å². The maximum atomic E-state index is 11.6. The highest BCUT2D eigenvalue weighted by Crippen LogP contribution is 2.13. The van der Waals surface area contributed by atoms with Gasteiger partial charge in [-0.2, -0.15) is 0 Å². The third-order valence-electron chi connectivity index (χ3n) is 1.92. The lowest BCUT2D eigenvalue weighted by Crippen LogP contribution is -2.23. The van der Waals surface area contributed by atoms with Crippen LogP contribution in [0.2, 0.25) is 0 Å². The minimum atomic E-state index is -0.705. The van der Waals surface area contributed by atoms with Gasteiger partial charge in [0.2, 0.25) is 0 Å². The molecule has 1 atom stereocenters. The molecule has 0 radical (unpaired) electrons. The molecule has 0 spiro atoms. The molecule has 13 heavy (non-hydrogen) atoms. The van der Waals surface area contributed by atoms with Gasteiger partial charge < -0.3 is 5.11 Å². The maximum Gasteiger partial charge on any atom is 0.0431 e. The van der Waals surface area contributed by atoms with Crippen molar-refractivity contribution in [2.45, 2.75) is 51.2 Å². The lowest BCUT2D eigenvalue weighted by Gasteiger charge is -2.17. The summed E-state index contributed by atoms with van der Waals surface area (Å²) < 4.78 is 11.5. The molecule has 0 heterocycles. The Morgan fingerprint density at radius 1 is 1.08 bits per heavy atom. The summed E-state index contributed by atoms with van der Waals surface area (Å²) >= 11 is 0. The third kappa shape index (κ3) is 7.20. The first kappa shape index (κ1) is 13.1. The predicted octanol–water partition coefficient (Wildman–Crippen LogP) is 2.09. The van der Waals surface area contributed by atoms with Crippen molar-refractivity contribution in [3.63, 3.8) is 0 Å². The van der Waals surface area contributed by atoms with Crippen LogP contribution in [-0.2, 0) is 10.8 Å². The normalized spacial score (nSPS) is 14.5. The molecule has 0 aliphatic rings. The molecular weight excluding hydrogens is 184 g/mol. The van der Waals surface area contributed by atoms with E-state index in [0.29, 0.717) is 0 Å². The number of aliphatic hydroxyl groups is 1. The highest BCUT2D eigenvalue weighted by atomic mass is 32.2. The first-order chi connectivity index (χ1) is 5.98. The van der Waals surface area contributed by atoms with E-state index in [1.165, 1.54) is 0 Å². The topological polar surface area (TPSA) is 37.3 Å². The van der Waals surface area contributed by atoms with Gasteiger partial charge in [0.05, 0.1) is 0 Å². The zero-order chi connectivity index (χ0) is 10.3. The second-order valence-corrected chi connectivity index (χ2v) is 6.62. The van der Waals surface area contributed by atoms with E-state index in [1.54, 1.807) is 0 Å². The van der Waals surface area contributed by atoms with Crippen LogP contribution in [0.15, 0.2) is 0 Å². The fourth-order valence-electron chi connectivity index (χ4n) is 1.00. The van der Waals surface area contributed by atoms with Crippen molar-refractivity contribution in [3.8, 4) is 0 Å². The van der Waals surface area contributed by atoms with Gasteiger partial charge >= 0.3 is 0 Å². The average Bonchev–Trinajstić information content (AvgIpc) is 2.02. The number of hydrogen-bond acceptors (Lipinski definition) is 2. The third-order valence-corrected chi connectivity index (χ3v) is 3.95. The van der Waals surface area contributed by atoms with E-state index in [2.05, 4.69) is 0 Å². The SMILES string of the molecule is CC(C)(C)S(=O)CCCCCCO. The predicted molar refractivity (Wildman–Crippen MR) is 58.3 cm³/mol. The molecule has 0 amide bonds. The van der Waals surface area contributed by atoms with Gasteiger partial charge in [0, 0.05) is 27.9 Å². The van der Waals surface area contributed by atoms with Crippen molar-refractivity contribution in [2.75, 3.05) is 12.4 Å². The highest BCUT2D eigenvalue weighted by molar-refractivity contribution is 7.86. The Balaban J connectivity index is 3.38. The summed E-state index contributed by atoms with van der Waals surface area (Å²) in [7, 11) is -0.705. The summed E-state index contributed by atoms with van der Waals surface area (Å²) in [6, 6.07) is 0. The van der Waals surface area contributed by atoms with Crippen LogP contribution < -0.4 is 0 Å². The second kappa shape index (κ2) is 6.55. The molecule has 0 aromatic heterocycles. The number of unbranched alkanes of at least 4 members (excludes halogenated alkanes) is 3. The summed E-state index contributed by atoms with van der Waals surface area (Å²) in [5.41, 5.74) is 0. The van der Waals surface area contributed by atoms with Crippen LogP contribution in [0, 0.1) is 0 Å². The molecule has 2 nitrogen and oxygen atoms in total. The van der Waals surface area contributed by atoms with Crippen LogP contribution in [0.4, 0.5) is 0 Å². The van der Waals surface area contributed by atoms with Crippen molar-refractivity contribution in [3.05, 3.63) is 0 Å². The summed E-state index contributed by atoms with van der Waals surface area (Å²) in [5, 5.41) is 8.54. The van der Waals surface area contributed by atoms with Crippen LogP contribution in [0.25, 0.3) is 0 Å². The van der Waals surface area contributed by atoms with Crippen molar-refractivity contribution in [2.24, 2.45) is 0 Å². The van der Waals surface area contributed by atoms with Gasteiger partial charge in [-0.05, 0) is 33.6 Å². The van der Waals surface area contributed by atoms with Crippen molar-refractivity contribution >= 4 is 10.8 Å². The molecule has 1 unspecified atom stereocenters. The van der Waals surface area contributed by atoms with Gasteiger partial charge in [-0.1, -0.05) is 12.8 Å². The lowest BCUT2D eigenvalue weighted by molar-refractivity contribution is 0.283. The fourth-order valence-corrected chi connectivity index (χ4v) is 2.08. The highest BCUT2D eigenvalue weighted by Gasteiger charge is 2.18. The Bertz CT molecular complexity index is 149. The van der Waals surface area contributed by atoms with E-state index in [4.69, 9.17) is 5.11 Å². The van der Waals surface area contributed by atoms with E-state index in [0.717, 1.165) is 31.4 Å². The van der Waals surface area contributed by atoms with Gasteiger partial charge in [-0.3, -0.25) is 4.21 Å². The Morgan fingerprint density at radius 3 is 2.08 bits per heavy atom. The Labute approximate surface area is 84.2 Å². The first-order valence-corrected chi connectivity index (χ1v) is 6.29. The van der Waals surface area contributed by atoms with E-state index >= 15 is 0 Å². The van der Waals surface area contributed by atoms with Crippen molar-refractivity contribution in [1.29, 1.82) is 0 Å². The molecule has 0 fully saturated rings.